The van der Waals surface area contributed by atoms with Gasteiger partial charge in [-0.2, -0.15) is 5.10 Å². The second-order valence-electron chi connectivity index (χ2n) is 8.17. The van der Waals surface area contributed by atoms with Crippen LogP contribution in [-0.4, -0.2) is 51.8 Å². The number of hydrogen-bond acceptors (Lipinski definition) is 3. The molecule has 5 rings (SSSR count). The van der Waals surface area contributed by atoms with Gasteiger partial charge in [-0.15, -0.1) is 0 Å². The summed E-state index contributed by atoms with van der Waals surface area (Å²) >= 11 is 6.31. The number of nitrogens with one attached hydrogen (secondary N) is 1. The summed E-state index contributed by atoms with van der Waals surface area (Å²) in [6.07, 6.45) is 3.66. The summed E-state index contributed by atoms with van der Waals surface area (Å²) in [6.45, 7) is 4.64. The summed E-state index contributed by atoms with van der Waals surface area (Å²) in [6, 6.07) is 16.3. The summed E-state index contributed by atoms with van der Waals surface area (Å²) in [5, 5.41) is 8.51. The van der Waals surface area contributed by atoms with Crippen molar-refractivity contribution in [1.82, 2.24) is 24.9 Å². The number of rotatable bonds is 4. The standard InChI is InChI=1S/C24H26ClN5O/c25-22-8-4-5-18-16-28(12-9-21(18)22)14-11-26-24(31)29-13-10-23-19(17-29)15-27-30(23)20-6-2-1-3-7-20/h1-8,15H,9-14,16-17H2,(H,26,31). The molecule has 2 aromatic carbocycles. The first-order valence-corrected chi connectivity index (χ1v) is 11.2. The van der Waals surface area contributed by atoms with E-state index in [0.29, 0.717) is 19.6 Å². The Labute approximate surface area is 187 Å². The van der Waals surface area contributed by atoms with Gasteiger partial charge >= 0.3 is 6.03 Å². The van der Waals surface area contributed by atoms with Crippen molar-refractivity contribution in [2.45, 2.75) is 25.9 Å². The van der Waals surface area contributed by atoms with Gasteiger partial charge in [0.2, 0.25) is 0 Å². The van der Waals surface area contributed by atoms with Crippen LogP contribution in [0.1, 0.15) is 22.4 Å². The fraction of sp³-hybridized carbons (Fsp3) is 0.333. The minimum atomic E-state index is -0.00133. The molecule has 31 heavy (non-hydrogen) atoms. The topological polar surface area (TPSA) is 53.4 Å². The van der Waals surface area contributed by atoms with Crippen LogP contribution in [0.3, 0.4) is 0 Å². The van der Waals surface area contributed by atoms with Crippen molar-refractivity contribution in [2.75, 3.05) is 26.2 Å². The largest absolute Gasteiger partial charge is 0.337 e. The maximum absolute atomic E-state index is 12.7. The molecule has 0 fully saturated rings. The van der Waals surface area contributed by atoms with Gasteiger partial charge in [0, 0.05) is 49.7 Å². The molecule has 6 nitrogen and oxygen atoms in total. The van der Waals surface area contributed by atoms with Crippen molar-refractivity contribution in [3.8, 4) is 5.69 Å². The monoisotopic (exact) mass is 435 g/mol. The third kappa shape index (κ3) is 4.18. The number of para-hydroxylation sites is 1. The van der Waals surface area contributed by atoms with Gasteiger partial charge in [0.15, 0.2) is 0 Å². The minimum Gasteiger partial charge on any atom is -0.337 e. The Kier molecular flexibility index (Phi) is 5.66. The summed E-state index contributed by atoms with van der Waals surface area (Å²) < 4.78 is 1.99. The molecule has 0 bridgehead atoms. The van der Waals surface area contributed by atoms with E-state index < -0.39 is 0 Å². The summed E-state index contributed by atoms with van der Waals surface area (Å²) in [5.74, 6) is 0. The molecule has 3 heterocycles. The first-order valence-electron chi connectivity index (χ1n) is 10.8. The van der Waals surface area contributed by atoms with Crippen LogP contribution in [0.5, 0.6) is 0 Å². The first-order chi connectivity index (χ1) is 15.2. The van der Waals surface area contributed by atoms with E-state index in [-0.39, 0.29) is 6.03 Å². The summed E-state index contributed by atoms with van der Waals surface area (Å²) in [4.78, 5) is 17.0. The highest BCUT2D eigenvalue weighted by Crippen LogP contribution is 2.26. The Balaban J connectivity index is 1.14. The van der Waals surface area contributed by atoms with E-state index >= 15 is 0 Å². The molecule has 0 saturated heterocycles. The number of urea groups is 1. The molecule has 1 N–H and O–H groups in total. The molecule has 0 radical (unpaired) electrons. The Bertz CT molecular complexity index is 1080. The molecular formula is C24H26ClN5O. The second kappa shape index (κ2) is 8.73. The van der Waals surface area contributed by atoms with Crippen LogP contribution in [0.2, 0.25) is 5.02 Å². The van der Waals surface area contributed by atoms with Crippen LogP contribution in [-0.2, 0) is 25.9 Å². The van der Waals surface area contributed by atoms with Crippen molar-refractivity contribution in [1.29, 1.82) is 0 Å². The number of carbonyl (C=O) groups is 1. The number of hydrogen-bond donors (Lipinski definition) is 1. The predicted octanol–water partition coefficient (Wildman–Crippen LogP) is 3.65. The molecule has 3 aromatic rings. The maximum Gasteiger partial charge on any atom is 0.317 e. The molecule has 0 spiro atoms. The normalized spacial score (nSPS) is 16.0. The van der Waals surface area contributed by atoms with Crippen LogP contribution in [0.25, 0.3) is 5.69 Å². The molecule has 1 aromatic heterocycles. The number of nitrogens with zero attached hydrogens (tertiary/aromatic N) is 4. The SMILES string of the molecule is O=C(NCCN1CCc2c(Cl)cccc2C1)N1CCc2c(cnn2-c2ccccc2)C1. The van der Waals surface area contributed by atoms with Crippen LogP contribution in [0.15, 0.2) is 54.7 Å². The quantitative estimate of drug-likeness (QED) is 0.680. The van der Waals surface area contributed by atoms with Crippen LogP contribution >= 0.6 is 11.6 Å². The third-order valence-electron chi connectivity index (χ3n) is 6.22. The third-order valence-corrected chi connectivity index (χ3v) is 6.57. The van der Waals surface area contributed by atoms with Crippen molar-refractivity contribution < 1.29 is 4.79 Å². The molecular weight excluding hydrogens is 410 g/mol. The first kappa shape index (κ1) is 20.1. The van der Waals surface area contributed by atoms with Gasteiger partial charge in [-0.25, -0.2) is 9.48 Å². The van der Waals surface area contributed by atoms with Gasteiger partial charge in [0.1, 0.15) is 0 Å². The lowest BCUT2D eigenvalue weighted by Crippen LogP contribution is -2.45. The van der Waals surface area contributed by atoms with Crippen molar-refractivity contribution in [3.63, 3.8) is 0 Å². The van der Waals surface area contributed by atoms with Crippen LogP contribution < -0.4 is 5.32 Å². The maximum atomic E-state index is 12.7. The number of amides is 2. The molecule has 0 unspecified atom stereocenters. The second-order valence-corrected chi connectivity index (χ2v) is 8.58. The molecule has 2 aliphatic heterocycles. The Morgan fingerprint density at radius 2 is 1.87 bits per heavy atom. The lowest BCUT2D eigenvalue weighted by atomic mass is 10.00. The van der Waals surface area contributed by atoms with Crippen molar-refractivity contribution >= 4 is 17.6 Å². The lowest BCUT2D eigenvalue weighted by molar-refractivity contribution is 0.188. The van der Waals surface area contributed by atoms with Crippen LogP contribution in [0.4, 0.5) is 4.79 Å². The smallest absolute Gasteiger partial charge is 0.317 e. The summed E-state index contributed by atoms with van der Waals surface area (Å²) in [5.41, 5.74) is 5.94. The zero-order valence-corrected chi connectivity index (χ0v) is 18.2. The van der Waals surface area contributed by atoms with Crippen molar-refractivity contribution in [3.05, 3.63) is 82.1 Å². The van der Waals surface area contributed by atoms with Gasteiger partial charge in [-0.05, 0) is 35.7 Å². The molecule has 7 heteroatoms. The molecule has 0 aliphatic carbocycles. The van der Waals surface area contributed by atoms with Gasteiger partial charge in [-0.1, -0.05) is 41.9 Å². The number of aromatic nitrogens is 2. The van der Waals surface area contributed by atoms with Gasteiger partial charge in [0.05, 0.1) is 24.1 Å². The zero-order valence-electron chi connectivity index (χ0n) is 17.4. The van der Waals surface area contributed by atoms with Gasteiger partial charge in [0.25, 0.3) is 0 Å². The van der Waals surface area contributed by atoms with E-state index in [9.17, 15) is 4.79 Å². The van der Waals surface area contributed by atoms with Gasteiger partial charge < -0.3 is 10.2 Å². The average molecular weight is 436 g/mol. The summed E-state index contributed by atoms with van der Waals surface area (Å²) in [7, 11) is 0. The number of benzene rings is 2. The molecule has 2 aliphatic rings. The average Bonchev–Trinajstić information content (AvgIpc) is 3.23. The fourth-order valence-electron chi connectivity index (χ4n) is 4.54. The fourth-order valence-corrected chi connectivity index (χ4v) is 4.83. The minimum absolute atomic E-state index is 0.00133. The number of carbonyl (C=O) groups excluding carboxylic acids is 1. The van der Waals surface area contributed by atoms with Gasteiger partial charge in [-0.3, -0.25) is 4.90 Å². The lowest BCUT2D eigenvalue weighted by Gasteiger charge is -2.30. The van der Waals surface area contributed by atoms with Crippen LogP contribution in [0, 0.1) is 0 Å². The van der Waals surface area contributed by atoms with E-state index in [1.165, 1.54) is 16.8 Å². The zero-order chi connectivity index (χ0) is 21.2. The van der Waals surface area contributed by atoms with Crippen molar-refractivity contribution in [2.24, 2.45) is 0 Å². The highest BCUT2D eigenvalue weighted by Gasteiger charge is 2.24. The van der Waals surface area contributed by atoms with E-state index in [1.54, 1.807) is 0 Å². The highest BCUT2D eigenvalue weighted by atomic mass is 35.5. The van der Waals surface area contributed by atoms with E-state index in [0.717, 1.165) is 48.7 Å². The van der Waals surface area contributed by atoms with E-state index in [4.69, 9.17) is 11.6 Å². The molecule has 0 saturated carbocycles. The number of halogens is 1. The number of fused-ring (bicyclic) bond motifs is 2. The molecule has 0 atom stereocenters. The Hall–Kier alpha value is -2.83. The molecule has 160 valence electrons. The van der Waals surface area contributed by atoms with E-state index in [2.05, 4.69) is 33.5 Å². The Morgan fingerprint density at radius 1 is 1.00 bits per heavy atom. The Morgan fingerprint density at radius 3 is 2.74 bits per heavy atom. The predicted molar refractivity (Wildman–Crippen MR) is 122 cm³/mol. The molecule has 2 amide bonds. The highest BCUT2D eigenvalue weighted by molar-refractivity contribution is 6.31. The van der Waals surface area contributed by atoms with E-state index in [1.807, 2.05) is 46.1 Å².